The number of nitrogens with one attached hydrogen (secondary N) is 1. The lowest BCUT2D eigenvalue weighted by atomic mass is 10.2. The Kier molecular flexibility index (Phi) is 7.25. The van der Waals surface area contributed by atoms with E-state index in [1.807, 2.05) is 23.4 Å². The minimum atomic E-state index is 0.821. The fraction of sp³-hybridized carbons (Fsp3) is 0.818. The molecule has 92 valence electrons. The van der Waals surface area contributed by atoms with Gasteiger partial charge >= 0.3 is 0 Å². The maximum absolute atomic E-state index is 4.02. The van der Waals surface area contributed by atoms with Crippen LogP contribution in [-0.4, -0.2) is 33.3 Å². The molecule has 0 aromatic carbocycles. The third kappa shape index (κ3) is 5.51. The van der Waals surface area contributed by atoms with Crippen LogP contribution in [-0.2, 0) is 13.6 Å². The van der Waals surface area contributed by atoms with Crippen molar-refractivity contribution in [2.45, 2.75) is 32.2 Å². The minimum Gasteiger partial charge on any atom is -0.320 e. The molecule has 0 spiro atoms. The van der Waals surface area contributed by atoms with Crippen LogP contribution in [0.25, 0.3) is 0 Å². The Hall–Kier alpha value is -0.550. The summed E-state index contributed by atoms with van der Waals surface area (Å²) in [4.78, 5) is 0. The maximum atomic E-state index is 4.02. The molecular formula is C11H22N4S. The molecule has 4 nitrogen and oxygen atoms in total. The summed E-state index contributed by atoms with van der Waals surface area (Å²) in [5, 5.41) is 11.3. The summed E-state index contributed by atoms with van der Waals surface area (Å²) in [5.74, 6) is 2.30. The van der Waals surface area contributed by atoms with Gasteiger partial charge in [-0.25, -0.2) is 0 Å². The molecular weight excluding hydrogens is 220 g/mol. The topological polar surface area (TPSA) is 42.7 Å². The summed E-state index contributed by atoms with van der Waals surface area (Å²) in [6, 6.07) is 0. The van der Waals surface area contributed by atoms with E-state index in [4.69, 9.17) is 0 Å². The highest BCUT2D eigenvalue weighted by Crippen LogP contribution is 2.03. The van der Waals surface area contributed by atoms with Crippen LogP contribution in [0.15, 0.2) is 6.33 Å². The quantitative estimate of drug-likeness (QED) is 0.671. The van der Waals surface area contributed by atoms with Crippen LogP contribution < -0.4 is 5.32 Å². The Morgan fingerprint density at radius 3 is 2.81 bits per heavy atom. The van der Waals surface area contributed by atoms with Crippen molar-refractivity contribution < 1.29 is 0 Å². The smallest absolute Gasteiger partial charge is 0.146 e. The standard InChI is InChI=1S/C11H22N4S/c1-15-10-13-14-11(15)9-12-7-5-3-4-6-8-16-2/h10,12H,3-9H2,1-2H3. The van der Waals surface area contributed by atoms with Gasteiger partial charge in [-0.15, -0.1) is 10.2 Å². The van der Waals surface area contributed by atoms with E-state index < -0.39 is 0 Å². The second-order valence-corrected chi connectivity index (χ2v) is 4.93. The number of unbranched alkanes of at least 4 members (excludes halogenated alkanes) is 3. The zero-order valence-corrected chi connectivity index (χ0v) is 11.1. The molecule has 1 heterocycles. The third-order valence-corrected chi connectivity index (χ3v) is 3.24. The molecule has 16 heavy (non-hydrogen) atoms. The maximum Gasteiger partial charge on any atom is 0.146 e. The largest absolute Gasteiger partial charge is 0.320 e. The second-order valence-electron chi connectivity index (χ2n) is 3.94. The van der Waals surface area contributed by atoms with Crippen molar-refractivity contribution in [3.05, 3.63) is 12.2 Å². The van der Waals surface area contributed by atoms with Gasteiger partial charge in [0, 0.05) is 7.05 Å². The number of aryl methyl sites for hydroxylation is 1. The first-order valence-electron chi connectivity index (χ1n) is 5.87. The normalized spacial score (nSPS) is 10.9. The monoisotopic (exact) mass is 242 g/mol. The van der Waals surface area contributed by atoms with E-state index in [-0.39, 0.29) is 0 Å². The van der Waals surface area contributed by atoms with Gasteiger partial charge in [-0.3, -0.25) is 0 Å². The highest BCUT2D eigenvalue weighted by Gasteiger charge is 1.98. The van der Waals surface area contributed by atoms with E-state index in [2.05, 4.69) is 21.8 Å². The molecule has 0 unspecified atom stereocenters. The summed E-state index contributed by atoms with van der Waals surface area (Å²) in [6.07, 6.45) is 9.19. The van der Waals surface area contributed by atoms with Crippen molar-refractivity contribution in [2.75, 3.05) is 18.6 Å². The van der Waals surface area contributed by atoms with E-state index in [0.717, 1.165) is 18.9 Å². The van der Waals surface area contributed by atoms with E-state index in [1.165, 1.54) is 31.4 Å². The fourth-order valence-electron chi connectivity index (χ4n) is 1.52. The number of hydrogen-bond acceptors (Lipinski definition) is 4. The number of aromatic nitrogens is 3. The summed E-state index contributed by atoms with van der Waals surface area (Å²) in [5.41, 5.74) is 0. The Morgan fingerprint density at radius 2 is 2.12 bits per heavy atom. The van der Waals surface area contributed by atoms with Crippen LogP contribution in [0, 0.1) is 0 Å². The lowest BCUT2D eigenvalue weighted by Gasteiger charge is -2.04. The SMILES string of the molecule is CSCCCCCCNCc1nncn1C. The average molecular weight is 242 g/mol. The zero-order chi connectivity index (χ0) is 11.6. The second kappa shape index (κ2) is 8.58. The molecule has 0 atom stereocenters. The predicted octanol–water partition coefficient (Wildman–Crippen LogP) is 1.83. The molecule has 0 radical (unpaired) electrons. The van der Waals surface area contributed by atoms with Gasteiger partial charge in [0.25, 0.3) is 0 Å². The fourth-order valence-corrected chi connectivity index (χ4v) is 2.01. The van der Waals surface area contributed by atoms with Gasteiger partial charge in [0.1, 0.15) is 12.2 Å². The molecule has 1 rings (SSSR count). The van der Waals surface area contributed by atoms with Gasteiger partial charge in [-0.2, -0.15) is 11.8 Å². The van der Waals surface area contributed by atoms with Crippen LogP contribution in [0.5, 0.6) is 0 Å². The number of hydrogen-bond donors (Lipinski definition) is 1. The highest BCUT2D eigenvalue weighted by molar-refractivity contribution is 7.98. The summed E-state index contributed by atoms with van der Waals surface area (Å²) < 4.78 is 1.95. The third-order valence-electron chi connectivity index (χ3n) is 2.54. The van der Waals surface area contributed by atoms with Crippen molar-refractivity contribution in [1.29, 1.82) is 0 Å². The lowest BCUT2D eigenvalue weighted by molar-refractivity contribution is 0.579. The molecule has 0 saturated carbocycles. The lowest BCUT2D eigenvalue weighted by Crippen LogP contribution is -2.17. The van der Waals surface area contributed by atoms with E-state index in [1.54, 1.807) is 6.33 Å². The van der Waals surface area contributed by atoms with Crippen molar-refractivity contribution in [3.8, 4) is 0 Å². The Labute approximate surface area is 102 Å². The minimum absolute atomic E-state index is 0.821. The van der Waals surface area contributed by atoms with Gasteiger partial charge in [-0.05, 0) is 31.4 Å². The van der Waals surface area contributed by atoms with Crippen molar-refractivity contribution in [3.63, 3.8) is 0 Å². The summed E-state index contributed by atoms with van der Waals surface area (Å²) >= 11 is 1.94. The van der Waals surface area contributed by atoms with Crippen LogP contribution >= 0.6 is 11.8 Å². The molecule has 0 saturated heterocycles. The zero-order valence-electron chi connectivity index (χ0n) is 10.3. The first kappa shape index (κ1) is 13.5. The van der Waals surface area contributed by atoms with Crippen LogP contribution in [0.1, 0.15) is 31.5 Å². The van der Waals surface area contributed by atoms with Gasteiger partial charge in [0.15, 0.2) is 0 Å². The number of thioether (sulfide) groups is 1. The first-order chi connectivity index (χ1) is 7.84. The van der Waals surface area contributed by atoms with Crippen LogP contribution in [0.3, 0.4) is 0 Å². The molecule has 0 bridgehead atoms. The Bertz CT molecular complexity index is 275. The van der Waals surface area contributed by atoms with Crippen molar-refractivity contribution >= 4 is 11.8 Å². The highest BCUT2D eigenvalue weighted by atomic mass is 32.2. The molecule has 0 fully saturated rings. The summed E-state index contributed by atoms with van der Waals surface area (Å²) in [7, 11) is 1.97. The van der Waals surface area contributed by atoms with E-state index in [9.17, 15) is 0 Å². The van der Waals surface area contributed by atoms with Gasteiger partial charge in [0.05, 0.1) is 6.54 Å². The Morgan fingerprint density at radius 1 is 1.31 bits per heavy atom. The predicted molar refractivity (Wildman–Crippen MR) is 69.6 cm³/mol. The van der Waals surface area contributed by atoms with Gasteiger partial charge in [-0.1, -0.05) is 12.8 Å². The van der Waals surface area contributed by atoms with Gasteiger partial charge < -0.3 is 9.88 Å². The molecule has 0 aliphatic rings. The average Bonchev–Trinajstić information content (AvgIpc) is 2.68. The number of nitrogens with zero attached hydrogens (tertiary/aromatic N) is 3. The molecule has 0 aliphatic carbocycles. The first-order valence-corrected chi connectivity index (χ1v) is 7.26. The Balaban J connectivity index is 1.91. The molecule has 1 aromatic rings. The molecule has 5 heteroatoms. The summed E-state index contributed by atoms with van der Waals surface area (Å²) in [6.45, 7) is 1.90. The molecule has 0 aliphatic heterocycles. The molecule has 1 N–H and O–H groups in total. The molecule has 1 aromatic heterocycles. The van der Waals surface area contributed by atoms with Crippen LogP contribution in [0.4, 0.5) is 0 Å². The van der Waals surface area contributed by atoms with Gasteiger partial charge in [0.2, 0.25) is 0 Å². The van der Waals surface area contributed by atoms with Crippen molar-refractivity contribution in [1.82, 2.24) is 20.1 Å². The van der Waals surface area contributed by atoms with E-state index in [0.29, 0.717) is 0 Å². The number of rotatable bonds is 9. The van der Waals surface area contributed by atoms with E-state index >= 15 is 0 Å². The van der Waals surface area contributed by atoms with Crippen LogP contribution in [0.2, 0.25) is 0 Å². The molecule has 0 amide bonds. The van der Waals surface area contributed by atoms with Crippen molar-refractivity contribution in [2.24, 2.45) is 7.05 Å².